The van der Waals surface area contributed by atoms with Crippen LogP contribution in [0.4, 0.5) is 0 Å². The van der Waals surface area contributed by atoms with E-state index in [1.54, 1.807) is 6.20 Å². The van der Waals surface area contributed by atoms with Crippen LogP contribution in [0.25, 0.3) is 0 Å². The van der Waals surface area contributed by atoms with Crippen LogP contribution in [0, 0.1) is 5.92 Å². The van der Waals surface area contributed by atoms with Crippen LogP contribution in [0.2, 0.25) is 0 Å². The Kier molecular flexibility index (Phi) is 3.58. The SMILES string of the molecule is CN1CCc2c(c(COc3ccccn3)nn2CC2CC2)C1. The molecule has 4 rings (SSSR count). The summed E-state index contributed by atoms with van der Waals surface area (Å²) < 4.78 is 8.07. The quantitative estimate of drug-likeness (QED) is 0.849. The Morgan fingerprint density at radius 2 is 2.23 bits per heavy atom. The fourth-order valence-electron chi connectivity index (χ4n) is 3.08. The summed E-state index contributed by atoms with van der Waals surface area (Å²) in [7, 11) is 2.17. The van der Waals surface area contributed by atoms with Crippen molar-refractivity contribution < 1.29 is 4.74 Å². The van der Waals surface area contributed by atoms with E-state index in [9.17, 15) is 0 Å². The van der Waals surface area contributed by atoms with Crippen molar-refractivity contribution in [3.8, 4) is 5.88 Å². The average Bonchev–Trinajstić information content (AvgIpc) is 3.29. The Hall–Kier alpha value is -1.88. The molecule has 1 aliphatic carbocycles. The molecular formula is C17H22N4O. The third kappa shape index (κ3) is 2.86. The predicted molar refractivity (Wildman–Crippen MR) is 83.6 cm³/mol. The minimum atomic E-state index is 0.505. The van der Waals surface area contributed by atoms with Gasteiger partial charge in [0.1, 0.15) is 12.3 Å². The number of likely N-dealkylation sites (N-methyl/N-ethyl adjacent to an activating group) is 1. The summed E-state index contributed by atoms with van der Waals surface area (Å²) in [6.45, 7) is 3.67. The summed E-state index contributed by atoms with van der Waals surface area (Å²) in [5.74, 6) is 1.50. The Morgan fingerprint density at radius 1 is 1.32 bits per heavy atom. The normalized spacial score (nSPS) is 18.2. The van der Waals surface area contributed by atoms with Crippen molar-refractivity contribution in [3.63, 3.8) is 0 Å². The first kappa shape index (κ1) is 13.8. The highest BCUT2D eigenvalue weighted by molar-refractivity contribution is 5.29. The molecule has 0 aromatic carbocycles. The van der Waals surface area contributed by atoms with Crippen molar-refractivity contribution in [2.45, 2.75) is 39.0 Å². The number of hydrogen-bond donors (Lipinski definition) is 0. The summed E-state index contributed by atoms with van der Waals surface area (Å²) in [6, 6.07) is 5.73. The van der Waals surface area contributed by atoms with E-state index >= 15 is 0 Å². The molecule has 5 nitrogen and oxygen atoms in total. The third-order valence-electron chi connectivity index (χ3n) is 4.53. The summed E-state index contributed by atoms with van der Waals surface area (Å²) in [5.41, 5.74) is 3.86. The molecule has 0 amide bonds. The van der Waals surface area contributed by atoms with E-state index in [1.165, 1.54) is 24.1 Å². The summed E-state index contributed by atoms with van der Waals surface area (Å²) in [4.78, 5) is 6.58. The topological polar surface area (TPSA) is 43.2 Å². The number of ether oxygens (including phenoxy) is 1. The van der Waals surface area contributed by atoms with Gasteiger partial charge in [-0.05, 0) is 31.9 Å². The molecule has 0 spiro atoms. The minimum Gasteiger partial charge on any atom is -0.471 e. The summed E-state index contributed by atoms with van der Waals surface area (Å²) in [6.07, 6.45) is 5.56. The van der Waals surface area contributed by atoms with E-state index in [0.29, 0.717) is 12.5 Å². The lowest BCUT2D eigenvalue weighted by molar-refractivity contribution is 0.279. The highest BCUT2D eigenvalue weighted by Gasteiger charge is 2.28. The first-order chi connectivity index (χ1) is 10.8. The largest absolute Gasteiger partial charge is 0.471 e. The molecule has 0 atom stereocenters. The van der Waals surface area contributed by atoms with Gasteiger partial charge >= 0.3 is 0 Å². The second-order valence-corrected chi connectivity index (χ2v) is 6.44. The molecule has 22 heavy (non-hydrogen) atoms. The van der Waals surface area contributed by atoms with Gasteiger partial charge < -0.3 is 9.64 Å². The molecule has 1 fully saturated rings. The lowest BCUT2D eigenvalue weighted by Crippen LogP contribution is -2.28. The molecular weight excluding hydrogens is 276 g/mol. The molecule has 0 N–H and O–H groups in total. The van der Waals surface area contributed by atoms with Gasteiger partial charge in [-0.1, -0.05) is 6.07 Å². The molecule has 116 valence electrons. The van der Waals surface area contributed by atoms with Crippen molar-refractivity contribution in [2.24, 2.45) is 5.92 Å². The Labute approximate surface area is 130 Å². The van der Waals surface area contributed by atoms with Crippen molar-refractivity contribution in [1.82, 2.24) is 19.7 Å². The molecule has 0 bridgehead atoms. The number of pyridine rings is 1. The van der Waals surface area contributed by atoms with E-state index in [2.05, 4.69) is 21.6 Å². The summed E-state index contributed by atoms with van der Waals surface area (Å²) >= 11 is 0. The zero-order chi connectivity index (χ0) is 14.9. The first-order valence-corrected chi connectivity index (χ1v) is 8.09. The van der Waals surface area contributed by atoms with Crippen molar-refractivity contribution in [2.75, 3.05) is 13.6 Å². The Morgan fingerprint density at radius 3 is 3.00 bits per heavy atom. The van der Waals surface area contributed by atoms with Gasteiger partial charge in [-0.2, -0.15) is 5.10 Å². The molecule has 0 unspecified atom stereocenters. The lowest BCUT2D eigenvalue weighted by Gasteiger charge is -2.23. The Balaban J connectivity index is 1.56. The van der Waals surface area contributed by atoms with Crippen LogP contribution >= 0.6 is 0 Å². The van der Waals surface area contributed by atoms with Gasteiger partial charge in [0.05, 0.1) is 0 Å². The number of aromatic nitrogens is 3. The van der Waals surface area contributed by atoms with Gasteiger partial charge in [0, 0.05) is 49.6 Å². The fraction of sp³-hybridized carbons (Fsp3) is 0.529. The van der Waals surface area contributed by atoms with E-state index in [4.69, 9.17) is 9.84 Å². The van der Waals surface area contributed by atoms with Gasteiger partial charge in [0.15, 0.2) is 0 Å². The summed E-state index contributed by atoms with van der Waals surface area (Å²) in [5, 5.41) is 4.86. The molecule has 1 saturated carbocycles. The van der Waals surface area contributed by atoms with Crippen molar-refractivity contribution in [1.29, 1.82) is 0 Å². The maximum Gasteiger partial charge on any atom is 0.213 e. The molecule has 3 heterocycles. The van der Waals surface area contributed by atoms with Crippen LogP contribution in [0.5, 0.6) is 5.88 Å². The van der Waals surface area contributed by atoms with Crippen LogP contribution in [0.3, 0.4) is 0 Å². The van der Waals surface area contributed by atoms with Crippen LogP contribution in [0.1, 0.15) is 29.8 Å². The third-order valence-corrected chi connectivity index (χ3v) is 4.53. The lowest BCUT2D eigenvalue weighted by atomic mass is 10.1. The van der Waals surface area contributed by atoms with Gasteiger partial charge in [-0.3, -0.25) is 4.68 Å². The van der Waals surface area contributed by atoms with Gasteiger partial charge in [0.2, 0.25) is 5.88 Å². The average molecular weight is 298 g/mol. The van der Waals surface area contributed by atoms with Crippen molar-refractivity contribution in [3.05, 3.63) is 41.3 Å². The molecule has 2 aliphatic rings. The molecule has 0 radical (unpaired) electrons. The van der Waals surface area contributed by atoms with Gasteiger partial charge in [0.25, 0.3) is 0 Å². The zero-order valence-electron chi connectivity index (χ0n) is 13.0. The standard InChI is InChI=1S/C17H22N4O/c1-20-9-7-16-14(11-20)15(19-21(16)10-13-5-6-13)12-22-17-4-2-3-8-18-17/h2-4,8,13H,5-7,9-12H2,1H3. The minimum absolute atomic E-state index is 0.505. The van der Waals surface area contributed by atoms with Crippen LogP contribution < -0.4 is 4.74 Å². The second-order valence-electron chi connectivity index (χ2n) is 6.44. The maximum absolute atomic E-state index is 5.82. The van der Waals surface area contributed by atoms with Crippen LogP contribution in [0.15, 0.2) is 24.4 Å². The second kappa shape index (κ2) is 5.72. The van der Waals surface area contributed by atoms with Gasteiger partial charge in [-0.15, -0.1) is 0 Å². The highest BCUT2D eigenvalue weighted by atomic mass is 16.5. The van der Waals surface area contributed by atoms with E-state index < -0.39 is 0 Å². The van der Waals surface area contributed by atoms with E-state index in [0.717, 1.165) is 37.7 Å². The number of hydrogen-bond acceptors (Lipinski definition) is 4. The van der Waals surface area contributed by atoms with E-state index in [-0.39, 0.29) is 0 Å². The highest BCUT2D eigenvalue weighted by Crippen LogP contribution is 2.32. The molecule has 2 aromatic heterocycles. The van der Waals surface area contributed by atoms with Crippen molar-refractivity contribution >= 4 is 0 Å². The van der Waals surface area contributed by atoms with Gasteiger partial charge in [-0.25, -0.2) is 4.98 Å². The molecule has 5 heteroatoms. The monoisotopic (exact) mass is 298 g/mol. The molecule has 2 aromatic rings. The van der Waals surface area contributed by atoms with Crippen LogP contribution in [-0.2, 0) is 26.1 Å². The smallest absolute Gasteiger partial charge is 0.213 e. The maximum atomic E-state index is 5.82. The Bertz CT molecular complexity index is 648. The predicted octanol–water partition coefficient (Wildman–Crippen LogP) is 2.25. The molecule has 1 aliphatic heterocycles. The zero-order valence-corrected chi connectivity index (χ0v) is 13.0. The fourth-order valence-corrected chi connectivity index (χ4v) is 3.08. The number of nitrogens with zero attached hydrogens (tertiary/aromatic N) is 4. The first-order valence-electron chi connectivity index (χ1n) is 8.09. The number of fused-ring (bicyclic) bond motifs is 1. The molecule has 0 saturated heterocycles. The van der Waals surface area contributed by atoms with Crippen LogP contribution in [-0.4, -0.2) is 33.3 Å². The number of rotatable bonds is 5. The van der Waals surface area contributed by atoms with E-state index in [1.807, 2.05) is 18.2 Å².